The van der Waals surface area contributed by atoms with Gasteiger partial charge in [0.25, 0.3) is 10.0 Å². The van der Waals surface area contributed by atoms with Crippen molar-refractivity contribution >= 4 is 33.3 Å². The molecule has 0 saturated carbocycles. The van der Waals surface area contributed by atoms with Crippen molar-refractivity contribution in [3.8, 4) is 5.75 Å². The Kier molecular flexibility index (Phi) is 5.92. The molecule has 0 aliphatic heterocycles. The fourth-order valence-corrected chi connectivity index (χ4v) is 3.99. The first-order chi connectivity index (χ1) is 11.8. The van der Waals surface area contributed by atoms with E-state index in [-0.39, 0.29) is 10.6 Å². The summed E-state index contributed by atoms with van der Waals surface area (Å²) in [6.45, 7) is 1.29. The number of hydrogen-bond acceptors (Lipinski definition) is 5. The number of methoxy groups -OCH3 is 2. The minimum Gasteiger partial charge on any atom is -0.495 e. The van der Waals surface area contributed by atoms with Crippen LogP contribution in [0.1, 0.15) is 5.56 Å². The van der Waals surface area contributed by atoms with E-state index in [1.165, 1.54) is 32.4 Å². The van der Waals surface area contributed by atoms with Crippen LogP contribution in [0.2, 0.25) is 5.02 Å². The van der Waals surface area contributed by atoms with E-state index in [0.29, 0.717) is 10.7 Å². The molecule has 0 unspecified atom stereocenters. The standard InChI is InChI=1S/C17H18ClNO5S/c1-12-4-9-15(23-2)16(10-12)25(21,22)19(11-17(20)24-3)14-7-5-13(18)6-8-14/h4-10H,11H2,1-3H3. The molecular formula is C17H18ClNO5S. The van der Waals surface area contributed by atoms with E-state index in [2.05, 4.69) is 4.74 Å². The Morgan fingerprint density at radius 2 is 1.76 bits per heavy atom. The van der Waals surface area contributed by atoms with E-state index in [4.69, 9.17) is 16.3 Å². The molecule has 0 aliphatic carbocycles. The molecule has 0 fully saturated rings. The van der Waals surface area contributed by atoms with Gasteiger partial charge in [0.15, 0.2) is 0 Å². The van der Waals surface area contributed by atoms with Crippen molar-refractivity contribution in [1.29, 1.82) is 0 Å². The second-order valence-corrected chi connectivity index (χ2v) is 7.49. The normalized spacial score (nSPS) is 11.0. The lowest BCUT2D eigenvalue weighted by molar-refractivity contribution is -0.138. The van der Waals surface area contributed by atoms with Crippen LogP contribution in [0.4, 0.5) is 5.69 Å². The van der Waals surface area contributed by atoms with Gasteiger partial charge < -0.3 is 9.47 Å². The van der Waals surface area contributed by atoms with Crippen LogP contribution >= 0.6 is 11.6 Å². The number of halogens is 1. The van der Waals surface area contributed by atoms with E-state index in [9.17, 15) is 13.2 Å². The van der Waals surface area contributed by atoms with Crippen LogP contribution in [-0.4, -0.2) is 35.2 Å². The number of ether oxygens (including phenoxy) is 2. The van der Waals surface area contributed by atoms with Gasteiger partial charge in [-0.15, -0.1) is 0 Å². The Balaban J connectivity index is 2.61. The average Bonchev–Trinajstić information content (AvgIpc) is 2.60. The summed E-state index contributed by atoms with van der Waals surface area (Å²) in [6.07, 6.45) is 0. The van der Waals surface area contributed by atoms with E-state index >= 15 is 0 Å². The van der Waals surface area contributed by atoms with Crippen LogP contribution in [0.3, 0.4) is 0 Å². The zero-order valence-electron chi connectivity index (χ0n) is 14.0. The summed E-state index contributed by atoms with van der Waals surface area (Å²) in [5, 5.41) is 0.451. The molecule has 2 rings (SSSR count). The van der Waals surface area contributed by atoms with Crippen molar-refractivity contribution < 1.29 is 22.7 Å². The van der Waals surface area contributed by atoms with Crippen molar-refractivity contribution in [1.82, 2.24) is 0 Å². The highest BCUT2D eigenvalue weighted by Crippen LogP contribution is 2.31. The molecule has 0 saturated heterocycles. The molecule has 6 nitrogen and oxygen atoms in total. The largest absolute Gasteiger partial charge is 0.495 e. The number of benzene rings is 2. The van der Waals surface area contributed by atoms with Gasteiger partial charge in [0, 0.05) is 5.02 Å². The number of sulfonamides is 1. The van der Waals surface area contributed by atoms with Gasteiger partial charge in [0.05, 0.1) is 19.9 Å². The first-order valence-electron chi connectivity index (χ1n) is 7.29. The maximum atomic E-state index is 13.2. The highest BCUT2D eigenvalue weighted by molar-refractivity contribution is 7.93. The molecule has 0 spiro atoms. The molecule has 0 amide bonds. The molecule has 2 aromatic carbocycles. The average molecular weight is 384 g/mol. The molecule has 2 aromatic rings. The van der Waals surface area contributed by atoms with Gasteiger partial charge in [-0.2, -0.15) is 0 Å². The zero-order valence-corrected chi connectivity index (χ0v) is 15.6. The van der Waals surface area contributed by atoms with E-state index in [1.54, 1.807) is 31.2 Å². The third kappa shape index (κ3) is 4.24. The molecule has 0 aromatic heterocycles. The first kappa shape index (κ1) is 19.1. The van der Waals surface area contributed by atoms with Gasteiger partial charge in [-0.05, 0) is 48.9 Å². The third-order valence-corrected chi connectivity index (χ3v) is 5.55. The molecule has 8 heteroatoms. The van der Waals surface area contributed by atoms with Gasteiger partial charge in [-0.25, -0.2) is 8.42 Å². The summed E-state index contributed by atoms with van der Waals surface area (Å²) in [7, 11) is -1.49. The summed E-state index contributed by atoms with van der Waals surface area (Å²) in [6, 6.07) is 10.9. The smallest absolute Gasteiger partial charge is 0.326 e. The van der Waals surface area contributed by atoms with Gasteiger partial charge in [0.1, 0.15) is 17.2 Å². The number of anilines is 1. The van der Waals surface area contributed by atoms with Crippen molar-refractivity contribution in [2.75, 3.05) is 25.1 Å². The fraction of sp³-hybridized carbons (Fsp3) is 0.235. The Labute approximate surface area is 152 Å². The van der Waals surface area contributed by atoms with Crippen LogP contribution in [0.15, 0.2) is 47.4 Å². The SMILES string of the molecule is COC(=O)CN(c1ccc(Cl)cc1)S(=O)(=O)c1cc(C)ccc1OC. The van der Waals surface area contributed by atoms with Gasteiger partial charge in [0.2, 0.25) is 0 Å². The lowest BCUT2D eigenvalue weighted by atomic mass is 10.2. The second-order valence-electron chi connectivity index (χ2n) is 5.22. The van der Waals surface area contributed by atoms with Crippen molar-refractivity contribution in [3.05, 3.63) is 53.1 Å². The number of aryl methyl sites for hydroxylation is 1. The zero-order chi connectivity index (χ0) is 18.6. The van der Waals surface area contributed by atoms with Crippen molar-refractivity contribution in [3.63, 3.8) is 0 Å². The number of esters is 1. The predicted octanol–water partition coefficient (Wildman–Crippen LogP) is 3.03. The summed E-state index contributed by atoms with van der Waals surface area (Å²) in [5.41, 5.74) is 1.03. The molecule has 0 atom stereocenters. The van der Waals surface area contributed by atoms with Crippen molar-refractivity contribution in [2.24, 2.45) is 0 Å². The Morgan fingerprint density at radius 1 is 1.12 bits per heavy atom. The minimum absolute atomic E-state index is 0.0335. The Morgan fingerprint density at radius 3 is 2.32 bits per heavy atom. The van der Waals surface area contributed by atoms with E-state index in [0.717, 1.165) is 9.87 Å². The number of hydrogen-bond donors (Lipinski definition) is 0. The topological polar surface area (TPSA) is 72.9 Å². The molecule has 134 valence electrons. The molecule has 0 heterocycles. The van der Waals surface area contributed by atoms with E-state index < -0.39 is 22.5 Å². The highest BCUT2D eigenvalue weighted by atomic mass is 35.5. The monoisotopic (exact) mass is 383 g/mol. The number of carbonyl (C=O) groups excluding carboxylic acids is 1. The van der Waals surface area contributed by atoms with E-state index in [1.807, 2.05) is 0 Å². The summed E-state index contributed by atoms with van der Waals surface area (Å²) in [4.78, 5) is 11.7. The lowest BCUT2D eigenvalue weighted by Gasteiger charge is -2.24. The van der Waals surface area contributed by atoms with Crippen LogP contribution in [0.25, 0.3) is 0 Å². The molecule has 0 bridgehead atoms. The minimum atomic E-state index is -4.07. The summed E-state index contributed by atoms with van der Waals surface area (Å²) in [5.74, 6) is -0.500. The number of carbonyl (C=O) groups is 1. The van der Waals surface area contributed by atoms with Crippen LogP contribution in [0.5, 0.6) is 5.75 Å². The first-order valence-corrected chi connectivity index (χ1v) is 9.11. The van der Waals surface area contributed by atoms with Gasteiger partial charge in [-0.3, -0.25) is 9.10 Å². The van der Waals surface area contributed by atoms with Crippen molar-refractivity contribution in [2.45, 2.75) is 11.8 Å². The molecular weight excluding hydrogens is 366 g/mol. The molecule has 0 N–H and O–H groups in total. The van der Waals surface area contributed by atoms with Gasteiger partial charge >= 0.3 is 5.97 Å². The predicted molar refractivity (Wildman–Crippen MR) is 95.7 cm³/mol. The molecule has 0 radical (unpaired) electrons. The van der Waals surface area contributed by atoms with Crippen LogP contribution in [0, 0.1) is 6.92 Å². The Hall–Kier alpha value is -2.25. The summed E-state index contributed by atoms with van der Waals surface area (Å²) >= 11 is 5.87. The van der Waals surface area contributed by atoms with Crippen LogP contribution in [-0.2, 0) is 19.6 Å². The quantitative estimate of drug-likeness (QED) is 0.717. The number of rotatable bonds is 6. The fourth-order valence-electron chi connectivity index (χ4n) is 2.21. The maximum absolute atomic E-state index is 13.2. The van der Waals surface area contributed by atoms with Crippen LogP contribution < -0.4 is 9.04 Å². The second kappa shape index (κ2) is 7.76. The maximum Gasteiger partial charge on any atom is 0.326 e. The summed E-state index contributed by atoms with van der Waals surface area (Å²) < 4.78 is 37.2. The van der Waals surface area contributed by atoms with Gasteiger partial charge in [-0.1, -0.05) is 17.7 Å². The molecule has 0 aliphatic rings. The highest BCUT2D eigenvalue weighted by Gasteiger charge is 2.30. The molecule has 25 heavy (non-hydrogen) atoms. The Bertz CT molecular complexity index is 865. The third-order valence-electron chi connectivity index (χ3n) is 3.50. The lowest BCUT2D eigenvalue weighted by Crippen LogP contribution is -2.36. The number of nitrogens with zero attached hydrogens (tertiary/aromatic N) is 1.